The Bertz CT molecular complexity index is 601. The maximum atomic E-state index is 13.0. The molecule has 0 radical (unpaired) electrons. The molecule has 1 spiro atoms. The van der Waals surface area contributed by atoms with Gasteiger partial charge >= 0.3 is 173 Å². The van der Waals surface area contributed by atoms with Gasteiger partial charge in [-0.15, -0.1) is 0 Å². The summed E-state index contributed by atoms with van der Waals surface area (Å²) in [5.41, 5.74) is 0. The van der Waals surface area contributed by atoms with Crippen molar-refractivity contribution in [2.75, 3.05) is 13.1 Å². The second kappa shape index (κ2) is 9.14. The zero-order valence-electron chi connectivity index (χ0n) is 18.4. The molecule has 2 aliphatic rings. The Labute approximate surface area is 173 Å². The molecule has 2 aliphatic heterocycles. The summed E-state index contributed by atoms with van der Waals surface area (Å²) in [7, 11) is -4.70. The van der Waals surface area contributed by atoms with E-state index >= 15 is 0 Å². The Morgan fingerprint density at radius 1 is 0.966 bits per heavy atom. The van der Waals surface area contributed by atoms with Gasteiger partial charge in [0, 0.05) is 0 Å². The van der Waals surface area contributed by atoms with Crippen LogP contribution in [0.15, 0.2) is 0 Å². The molecule has 1 amide bonds. The van der Waals surface area contributed by atoms with Gasteiger partial charge in [0.15, 0.2) is 0 Å². The molecule has 168 valence electrons. The van der Waals surface area contributed by atoms with Crippen molar-refractivity contribution in [1.82, 2.24) is 15.1 Å². The van der Waals surface area contributed by atoms with Crippen molar-refractivity contribution in [2.45, 2.75) is 79.3 Å². The van der Waals surface area contributed by atoms with Crippen molar-refractivity contribution in [3.8, 4) is 0 Å². The zero-order chi connectivity index (χ0) is 21.8. The summed E-state index contributed by atoms with van der Waals surface area (Å²) in [6.07, 6.45) is 2.23. The van der Waals surface area contributed by atoms with Crippen LogP contribution in [0, 0.1) is 11.8 Å². The molecule has 0 aromatic heterocycles. The molecule has 0 saturated carbocycles. The molecule has 29 heavy (non-hydrogen) atoms. The van der Waals surface area contributed by atoms with E-state index in [9.17, 15) is 14.4 Å². The molecular weight excluding hydrogens is 397 g/mol. The molecule has 0 aliphatic carbocycles. The molecule has 4 atom stereocenters. The van der Waals surface area contributed by atoms with Gasteiger partial charge in [0.05, 0.1) is 0 Å². The molecule has 0 bridgehead atoms. The van der Waals surface area contributed by atoms with Crippen molar-refractivity contribution in [3.05, 3.63) is 0 Å². The van der Waals surface area contributed by atoms with Crippen LogP contribution in [-0.2, 0) is 23.2 Å². The van der Waals surface area contributed by atoms with Gasteiger partial charge in [0.2, 0.25) is 0 Å². The van der Waals surface area contributed by atoms with Crippen molar-refractivity contribution in [1.29, 1.82) is 0 Å². The quantitative estimate of drug-likeness (QED) is 0.532. The van der Waals surface area contributed by atoms with Crippen LogP contribution in [0.2, 0.25) is 0 Å². The average molecular weight is 433 g/mol. The summed E-state index contributed by atoms with van der Waals surface area (Å²) in [6, 6.07) is -1.46. The zero-order valence-corrected chi connectivity index (χ0v) is 19.3. The standard InChI is InChI=1S/C19H36N3O6P/c1-7-11-22(12-8-2)19(25)28-29(20-15(13(5)9-3)17(23)26-29)21-16(14(6)10-4)18(24)27-29/h13-16,20-21H,7-12H2,1-6H3/t13-,14-,15-,16-/m0/s1. The van der Waals surface area contributed by atoms with E-state index in [-0.39, 0.29) is 11.8 Å². The van der Waals surface area contributed by atoms with E-state index in [4.69, 9.17) is 13.6 Å². The van der Waals surface area contributed by atoms with Gasteiger partial charge in [-0.25, -0.2) is 0 Å². The third-order valence-electron chi connectivity index (χ3n) is 5.66. The molecular formula is C19H36N3O6P. The summed E-state index contributed by atoms with van der Waals surface area (Å²) < 4.78 is 17.1. The normalized spacial score (nSPS) is 28.1. The Kier molecular flexibility index (Phi) is 7.52. The first-order chi connectivity index (χ1) is 13.6. The van der Waals surface area contributed by atoms with Gasteiger partial charge in [0.25, 0.3) is 0 Å². The first-order valence-corrected chi connectivity index (χ1v) is 12.7. The van der Waals surface area contributed by atoms with Crippen molar-refractivity contribution >= 4 is 25.6 Å². The predicted molar refractivity (Wildman–Crippen MR) is 110 cm³/mol. The van der Waals surface area contributed by atoms with E-state index in [0.717, 1.165) is 12.8 Å². The van der Waals surface area contributed by atoms with Gasteiger partial charge < -0.3 is 0 Å². The molecule has 2 heterocycles. The number of hydrogen-bond acceptors (Lipinski definition) is 8. The Morgan fingerprint density at radius 3 is 1.72 bits per heavy atom. The molecule has 0 aromatic rings. The number of nitrogens with zero attached hydrogens (tertiary/aromatic N) is 1. The summed E-state index contributed by atoms with van der Waals surface area (Å²) in [4.78, 5) is 40.0. The van der Waals surface area contributed by atoms with Crippen molar-refractivity contribution in [3.63, 3.8) is 0 Å². The molecule has 0 unspecified atom stereocenters. The number of carbonyl (C=O) groups excluding carboxylic acids is 3. The van der Waals surface area contributed by atoms with E-state index in [2.05, 4.69) is 10.2 Å². The minimum absolute atomic E-state index is 0.0896. The van der Waals surface area contributed by atoms with E-state index in [1.165, 1.54) is 0 Å². The number of carbonyl (C=O) groups is 3. The van der Waals surface area contributed by atoms with E-state index in [1.54, 1.807) is 4.90 Å². The third kappa shape index (κ3) is 4.67. The molecule has 2 N–H and O–H groups in total. The summed E-state index contributed by atoms with van der Waals surface area (Å²) >= 11 is 0. The molecule has 2 fully saturated rings. The van der Waals surface area contributed by atoms with Crippen LogP contribution in [0.4, 0.5) is 4.79 Å². The topological polar surface area (TPSA) is 106 Å². The number of amides is 1. The van der Waals surface area contributed by atoms with Crippen LogP contribution in [-0.4, -0.2) is 48.1 Å². The van der Waals surface area contributed by atoms with Crippen LogP contribution < -0.4 is 10.2 Å². The Morgan fingerprint density at radius 2 is 1.38 bits per heavy atom. The minimum atomic E-state index is -4.70. The van der Waals surface area contributed by atoms with Crippen molar-refractivity contribution < 1.29 is 28.0 Å². The fourth-order valence-electron chi connectivity index (χ4n) is 3.50. The monoisotopic (exact) mass is 433 g/mol. The maximum absolute atomic E-state index is 13.0. The summed E-state index contributed by atoms with van der Waals surface area (Å²) in [5.74, 6) is -1.33. The molecule has 0 aromatic carbocycles. The van der Waals surface area contributed by atoms with Gasteiger partial charge in [-0.1, -0.05) is 0 Å². The molecule has 10 heteroatoms. The van der Waals surface area contributed by atoms with Gasteiger partial charge in [-0.2, -0.15) is 0 Å². The van der Waals surface area contributed by atoms with E-state index < -0.39 is 37.7 Å². The number of rotatable bonds is 9. The van der Waals surface area contributed by atoms with Crippen LogP contribution >= 0.6 is 7.59 Å². The second-order valence-corrected chi connectivity index (χ2v) is 10.9. The number of nitrogens with one attached hydrogen (secondary N) is 2. The predicted octanol–water partition coefficient (Wildman–Crippen LogP) is 3.50. The van der Waals surface area contributed by atoms with Gasteiger partial charge in [-0.05, 0) is 0 Å². The molecule has 2 rings (SSSR count). The Hall–Kier alpha value is -1.44. The van der Waals surface area contributed by atoms with Gasteiger partial charge in [-0.3, -0.25) is 0 Å². The van der Waals surface area contributed by atoms with Gasteiger partial charge in [0.1, 0.15) is 0 Å². The van der Waals surface area contributed by atoms with E-state index in [1.807, 2.05) is 41.5 Å². The van der Waals surface area contributed by atoms with Crippen LogP contribution in [0.25, 0.3) is 0 Å². The van der Waals surface area contributed by atoms with Crippen LogP contribution in [0.3, 0.4) is 0 Å². The third-order valence-corrected chi connectivity index (χ3v) is 8.62. The van der Waals surface area contributed by atoms with Crippen LogP contribution in [0.5, 0.6) is 0 Å². The summed E-state index contributed by atoms with van der Waals surface area (Å²) in [5, 5.41) is 6.05. The molecule has 2 saturated heterocycles. The SMILES string of the molecule is CCCN(CCC)C(=O)OP12(N[C@@H]([C@@H](C)CC)C(=O)O1)N[C@@H]([C@@H](C)CC)C(=O)O2. The Balaban J connectivity index is 2.42. The fourth-order valence-corrected chi connectivity index (χ4v) is 6.96. The average Bonchev–Trinajstić information content (AvgIpc) is 3.13. The summed E-state index contributed by atoms with van der Waals surface area (Å²) in [6.45, 7) is 12.6. The number of hydrogen-bond donors (Lipinski definition) is 2. The van der Waals surface area contributed by atoms with Crippen LogP contribution in [0.1, 0.15) is 67.2 Å². The molecule has 9 nitrogen and oxygen atoms in total. The van der Waals surface area contributed by atoms with Crippen molar-refractivity contribution in [2.24, 2.45) is 11.8 Å². The second-order valence-electron chi connectivity index (χ2n) is 8.03. The fraction of sp³-hybridized carbons (Fsp3) is 0.842. The first kappa shape index (κ1) is 23.8. The first-order valence-electron chi connectivity index (χ1n) is 10.7. The van der Waals surface area contributed by atoms with E-state index in [0.29, 0.717) is 25.9 Å².